The Labute approximate surface area is 141 Å². The summed E-state index contributed by atoms with van der Waals surface area (Å²) in [6.45, 7) is 0.279. The Bertz CT molecular complexity index is 759. The summed E-state index contributed by atoms with van der Waals surface area (Å²) < 4.78 is 80.1. The van der Waals surface area contributed by atoms with E-state index in [1.807, 2.05) is 0 Å². The monoisotopic (exact) mass is 384 g/mol. The summed E-state index contributed by atoms with van der Waals surface area (Å²) >= 11 is 0. The van der Waals surface area contributed by atoms with Crippen molar-refractivity contribution in [2.24, 2.45) is 11.1 Å². The number of nitrogens with one attached hydrogen (secondary N) is 1. The highest BCUT2D eigenvalue weighted by Crippen LogP contribution is 2.36. The molecule has 3 N–H and O–H groups in total. The zero-order chi connectivity index (χ0) is 18.9. The number of primary amides is 1. The Morgan fingerprint density at radius 3 is 2.40 bits per heavy atom. The van der Waals surface area contributed by atoms with Crippen molar-refractivity contribution < 1.29 is 35.5 Å². The van der Waals surface area contributed by atoms with Crippen LogP contribution in [0.4, 0.5) is 23.2 Å². The molecule has 2 rings (SSSR count). The molecular formula is C14H16F4N2O4S. The largest absolute Gasteiger partial charge is 0.501 e. The third kappa shape index (κ3) is 3.87. The van der Waals surface area contributed by atoms with Crippen molar-refractivity contribution in [2.45, 2.75) is 23.2 Å². The number of anilines is 1. The molecule has 1 aromatic rings. The molecule has 0 spiro atoms. The van der Waals surface area contributed by atoms with Crippen molar-refractivity contribution in [3.63, 3.8) is 0 Å². The minimum absolute atomic E-state index is 0.197. The third-order valence-electron chi connectivity index (χ3n) is 4.13. The van der Waals surface area contributed by atoms with Crippen molar-refractivity contribution in [1.82, 2.24) is 0 Å². The van der Waals surface area contributed by atoms with Crippen LogP contribution in [0.2, 0.25) is 0 Å². The molecule has 0 atom stereocenters. The molecule has 0 unspecified atom stereocenters. The van der Waals surface area contributed by atoms with Gasteiger partial charge in [0.05, 0.1) is 11.1 Å². The lowest BCUT2D eigenvalue weighted by molar-refractivity contribution is -0.132. The van der Waals surface area contributed by atoms with E-state index < -0.39 is 43.1 Å². The molecule has 1 saturated heterocycles. The highest BCUT2D eigenvalue weighted by molar-refractivity contribution is 7.92. The molecule has 1 aliphatic heterocycles. The Hall–Kier alpha value is -1.88. The molecule has 0 aromatic heterocycles. The zero-order valence-corrected chi connectivity index (χ0v) is 13.7. The van der Waals surface area contributed by atoms with E-state index in [2.05, 4.69) is 5.32 Å². The van der Waals surface area contributed by atoms with Crippen LogP contribution in [0.25, 0.3) is 0 Å². The fraction of sp³-hybridized carbons (Fsp3) is 0.500. The summed E-state index contributed by atoms with van der Waals surface area (Å²) in [5, 5.41) is 2.51. The van der Waals surface area contributed by atoms with Crippen molar-refractivity contribution in [3.8, 4) is 0 Å². The van der Waals surface area contributed by atoms with Gasteiger partial charge in [0.2, 0.25) is 5.91 Å². The normalized spacial score (nSPS) is 17.9. The van der Waals surface area contributed by atoms with E-state index in [-0.39, 0.29) is 38.7 Å². The second kappa shape index (κ2) is 6.79. The van der Waals surface area contributed by atoms with Gasteiger partial charge in [-0.1, -0.05) is 0 Å². The SMILES string of the molecule is NC(=O)C1(CNc2ccc(F)cc2S(=O)(=O)C(F)(F)F)CCOCC1. The molecule has 0 bridgehead atoms. The van der Waals surface area contributed by atoms with Crippen LogP contribution < -0.4 is 11.1 Å². The number of rotatable bonds is 5. The van der Waals surface area contributed by atoms with E-state index in [1.54, 1.807) is 0 Å². The van der Waals surface area contributed by atoms with Gasteiger partial charge in [0.15, 0.2) is 0 Å². The molecule has 1 aromatic carbocycles. The van der Waals surface area contributed by atoms with Crippen LogP contribution in [0, 0.1) is 11.2 Å². The van der Waals surface area contributed by atoms with Gasteiger partial charge in [-0.3, -0.25) is 4.79 Å². The van der Waals surface area contributed by atoms with E-state index in [1.165, 1.54) is 0 Å². The van der Waals surface area contributed by atoms with Gasteiger partial charge in [-0.2, -0.15) is 13.2 Å². The van der Waals surface area contributed by atoms with Crippen LogP contribution in [0.5, 0.6) is 0 Å². The quantitative estimate of drug-likeness (QED) is 0.755. The maximum atomic E-state index is 13.3. The van der Waals surface area contributed by atoms with Crippen molar-refractivity contribution >= 4 is 21.4 Å². The lowest BCUT2D eigenvalue weighted by Crippen LogP contribution is -2.46. The molecule has 0 saturated carbocycles. The van der Waals surface area contributed by atoms with E-state index in [0.717, 1.165) is 12.1 Å². The summed E-state index contributed by atoms with van der Waals surface area (Å²) in [5.41, 5.74) is -1.74. The standard InChI is InChI=1S/C14H16F4N2O4S/c15-9-1-2-10(11(7-9)25(22,23)14(16,17)18)20-8-13(12(19)21)3-5-24-6-4-13/h1-2,7,20H,3-6,8H2,(H2,19,21). The molecule has 11 heteroatoms. The van der Waals surface area contributed by atoms with Crippen molar-refractivity contribution in [2.75, 3.05) is 25.1 Å². The molecule has 1 amide bonds. The number of halogens is 4. The van der Waals surface area contributed by atoms with Gasteiger partial charge in [0.25, 0.3) is 9.84 Å². The Morgan fingerprint density at radius 2 is 1.88 bits per heavy atom. The van der Waals surface area contributed by atoms with E-state index in [4.69, 9.17) is 10.5 Å². The molecule has 140 valence electrons. The molecule has 1 heterocycles. The highest BCUT2D eigenvalue weighted by atomic mass is 32.2. The molecule has 0 aliphatic carbocycles. The lowest BCUT2D eigenvalue weighted by atomic mass is 9.79. The zero-order valence-electron chi connectivity index (χ0n) is 12.9. The number of hydrogen-bond donors (Lipinski definition) is 2. The molecular weight excluding hydrogens is 368 g/mol. The predicted molar refractivity (Wildman–Crippen MR) is 79.8 cm³/mol. The number of ether oxygens (including phenoxy) is 1. The first kappa shape index (κ1) is 19.4. The maximum Gasteiger partial charge on any atom is 0.501 e. The molecule has 1 aliphatic rings. The number of amides is 1. The Kier molecular flexibility index (Phi) is 5.28. The van der Waals surface area contributed by atoms with Crippen LogP contribution in [0.3, 0.4) is 0 Å². The summed E-state index contributed by atoms with van der Waals surface area (Å²) in [4.78, 5) is 10.5. The number of alkyl halides is 3. The Balaban J connectivity index is 2.36. The number of hydrogen-bond acceptors (Lipinski definition) is 5. The van der Waals surface area contributed by atoms with Gasteiger partial charge >= 0.3 is 5.51 Å². The van der Waals surface area contributed by atoms with Gasteiger partial charge in [-0.05, 0) is 31.0 Å². The van der Waals surface area contributed by atoms with Gasteiger partial charge < -0.3 is 15.8 Å². The second-order valence-corrected chi connectivity index (χ2v) is 7.61. The van der Waals surface area contributed by atoms with Crippen LogP contribution in [0.1, 0.15) is 12.8 Å². The fourth-order valence-electron chi connectivity index (χ4n) is 2.53. The van der Waals surface area contributed by atoms with Crippen LogP contribution in [-0.4, -0.2) is 39.6 Å². The summed E-state index contributed by atoms with van der Waals surface area (Å²) in [6.07, 6.45) is 0.468. The Morgan fingerprint density at radius 1 is 1.28 bits per heavy atom. The van der Waals surface area contributed by atoms with Gasteiger partial charge in [-0.25, -0.2) is 12.8 Å². The molecule has 0 radical (unpaired) electrons. The molecule has 1 fully saturated rings. The van der Waals surface area contributed by atoms with Gasteiger partial charge in [-0.15, -0.1) is 0 Å². The number of carbonyl (C=O) groups is 1. The van der Waals surface area contributed by atoms with Crippen LogP contribution in [-0.2, 0) is 19.4 Å². The van der Waals surface area contributed by atoms with Gasteiger partial charge in [0, 0.05) is 19.8 Å². The van der Waals surface area contributed by atoms with E-state index in [9.17, 15) is 30.8 Å². The highest BCUT2D eigenvalue weighted by Gasteiger charge is 2.48. The number of nitrogens with two attached hydrogens (primary N) is 1. The minimum atomic E-state index is -5.77. The summed E-state index contributed by atoms with van der Waals surface area (Å²) in [7, 11) is -5.77. The molecule has 25 heavy (non-hydrogen) atoms. The van der Waals surface area contributed by atoms with E-state index >= 15 is 0 Å². The van der Waals surface area contributed by atoms with E-state index in [0.29, 0.717) is 0 Å². The number of sulfone groups is 1. The average molecular weight is 384 g/mol. The van der Waals surface area contributed by atoms with Crippen molar-refractivity contribution in [1.29, 1.82) is 0 Å². The second-order valence-electron chi connectivity index (χ2n) is 5.70. The third-order valence-corrected chi connectivity index (χ3v) is 5.65. The summed E-state index contributed by atoms with van der Waals surface area (Å²) in [5.74, 6) is -1.81. The van der Waals surface area contributed by atoms with Crippen molar-refractivity contribution in [3.05, 3.63) is 24.0 Å². The first-order chi connectivity index (χ1) is 11.5. The first-order valence-electron chi connectivity index (χ1n) is 7.22. The smallest absolute Gasteiger partial charge is 0.383 e. The topological polar surface area (TPSA) is 98.5 Å². The predicted octanol–water partition coefficient (Wildman–Crippen LogP) is 1.81. The van der Waals surface area contributed by atoms with Gasteiger partial charge in [0.1, 0.15) is 10.7 Å². The minimum Gasteiger partial charge on any atom is -0.383 e. The molecule has 6 nitrogen and oxygen atoms in total. The summed E-state index contributed by atoms with van der Waals surface area (Å²) in [6, 6.07) is 1.98. The van der Waals surface area contributed by atoms with Crippen LogP contribution >= 0.6 is 0 Å². The fourth-order valence-corrected chi connectivity index (χ4v) is 3.47. The average Bonchev–Trinajstić information content (AvgIpc) is 2.53. The lowest BCUT2D eigenvalue weighted by Gasteiger charge is -2.34. The number of benzene rings is 1. The number of carbonyl (C=O) groups excluding carboxylic acids is 1. The van der Waals surface area contributed by atoms with Crippen LogP contribution in [0.15, 0.2) is 23.1 Å². The maximum absolute atomic E-state index is 13.3. The first-order valence-corrected chi connectivity index (χ1v) is 8.70.